The van der Waals surface area contributed by atoms with Gasteiger partial charge in [0.05, 0.1) is 34.4 Å². The number of nitrogens with zero attached hydrogens (tertiary/aromatic N) is 1. The summed E-state index contributed by atoms with van der Waals surface area (Å²) in [5.41, 5.74) is 0. The highest BCUT2D eigenvalue weighted by molar-refractivity contribution is 5.71. The first kappa shape index (κ1) is 63.5. The summed E-state index contributed by atoms with van der Waals surface area (Å²) in [5, 5.41) is 9.67. The number of carboxylic acids is 1. The van der Waals surface area contributed by atoms with Gasteiger partial charge in [-0.2, -0.15) is 0 Å². The average molecular weight is 939 g/mol. The Morgan fingerprint density at radius 2 is 0.851 bits per heavy atom. The molecule has 2 unspecified atom stereocenters. The smallest absolute Gasteiger partial charge is 0.361 e. The molecule has 384 valence electrons. The molecule has 0 saturated heterocycles. The van der Waals surface area contributed by atoms with Crippen LogP contribution in [0.25, 0.3) is 0 Å². The Labute approximate surface area is 410 Å². The Bertz CT molecular complexity index is 1370. The van der Waals surface area contributed by atoms with Crippen LogP contribution < -0.4 is 0 Å². The van der Waals surface area contributed by atoms with Crippen LogP contribution in [-0.4, -0.2) is 87.4 Å². The standard InChI is InChI=1S/C58H99NO8/c1-6-8-10-12-14-16-18-20-21-22-23-24-25-26-27-28-29-30-31-32-33-34-35-37-39-41-43-45-47-49-56(61)67-54(53-66-58(57(62)63)64-51-50-59(3,4)5)52-65-55(60)48-46-44-42-40-38-36-19-17-15-13-11-9-7-2/h8,10,14,16,20-21,23-24,26-27,29-30,32-33,54,58H,6-7,9,11-13,15,17-19,22,25,28,31,34-53H2,1-5H3/p+1/b10-8-,16-14-,21-20-,24-23-,27-26-,30-29-,33-32-. The van der Waals surface area contributed by atoms with E-state index in [0.29, 0.717) is 23.9 Å². The summed E-state index contributed by atoms with van der Waals surface area (Å²) in [6.07, 6.45) is 60.8. The number of quaternary nitrogens is 1. The lowest BCUT2D eigenvalue weighted by molar-refractivity contribution is -0.870. The summed E-state index contributed by atoms with van der Waals surface area (Å²) in [6.45, 7) is 4.74. The topological polar surface area (TPSA) is 108 Å². The monoisotopic (exact) mass is 939 g/mol. The van der Waals surface area contributed by atoms with Crippen LogP contribution >= 0.6 is 0 Å². The zero-order chi connectivity index (χ0) is 49.2. The van der Waals surface area contributed by atoms with Crippen molar-refractivity contribution in [3.05, 3.63) is 85.1 Å². The summed E-state index contributed by atoms with van der Waals surface area (Å²) in [6, 6.07) is 0. The van der Waals surface area contributed by atoms with Crippen molar-refractivity contribution in [1.29, 1.82) is 0 Å². The second kappa shape index (κ2) is 48.9. The zero-order valence-corrected chi connectivity index (χ0v) is 43.5. The Kier molecular flexibility index (Phi) is 46.3. The Morgan fingerprint density at radius 1 is 0.463 bits per heavy atom. The van der Waals surface area contributed by atoms with Gasteiger partial charge in [0.1, 0.15) is 13.2 Å². The van der Waals surface area contributed by atoms with Crippen LogP contribution in [0.5, 0.6) is 0 Å². The van der Waals surface area contributed by atoms with Gasteiger partial charge in [0, 0.05) is 12.8 Å². The number of carboxylic acid groups (broad SMARTS) is 1. The fraction of sp³-hybridized carbons (Fsp3) is 0.707. The van der Waals surface area contributed by atoms with E-state index in [1.807, 2.05) is 21.1 Å². The summed E-state index contributed by atoms with van der Waals surface area (Å²) < 4.78 is 22.8. The molecule has 0 aliphatic heterocycles. The fourth-order valence-corrected chi connectivity index (χ4v) is 7.05. The number of carbonyl (C=O) groups is 3. The third-order valence-corrected chi connectivity index (χ3v) is 11.2. The first-order valence-corrected chi connectivity index (χ1v) is 26.8. The van der Waals surface area contributed by atoms with E-state index in [2.05, 4.69) is 98.9 Å². The predicted molar refractivity (Wildman–Crippen MR) is 281 cm³/mol. The second-order valence-corrected chi connectivity index (χ2v) is 18.8. The fourth-order valence-electron chi connectivity index (χ4n) is 7.05. The van der Waals surface area contributed by atoms with E-state index in [-0.39, 0.29) is 32.2 Å². The molecule has 0 aromatic rings. The molecule has 0 bridgehead atoms. The number of likely N-dealkylation sites (N-methyl/N-ethyl adjacent to an activating group) is 1. The molecule has 0 fully saturated rings. The molecule has 0 radical (unpaired) electrons. The van der Waals surface area contributed by atoms with Crippen LogP contribution in [-0.2, 0) is 33.3 Å². The predicted octanol–water partition coefficient (Wildman–Crippen LogP) is 15.2. The third-order valence-electron chi connectivity index (χ3n) is 11.2. The van der Waals surface area contributed by atoms with Gasteiger partial charge in [-0.05, 0) is 70.6 Å². The number of aliphatic carboxylic acids is 1. The maximum atomic E-state index is 12.8. The Morgan fingerprint density at radius 3 is 1.27 bits per heavy atom. The number of unbranched alkanes of at least 4 members (excludes halogenated alkanes) is 19. The molecule has 0 aliphatic carbocycles. The molecule has 0 heterocycles. The minimum absolute atomic E-state index is 0.182. The van der Waals surface area contributed by atoms with Gasteiger partial charge in [0.15, 0.2) is 6.10 Å². The van der Waals surface area contributed by atoms with Crippen LogP contribution in [0.15, 0.2) is 85.1 Å². The first-order chi connectivity index (χ1) is 32.6. The van der Waals surface area contributed by atoms with E-state index in [0.717, 1.165) is 89.9 Å². The van der Waals surface area contributed by atoms with Gasteiger partial charge in [-0.15, -0.1) is 0 Å². The van der Waals surface area contributed by atoms with Gasteiger partial charge < -0.3 is 28.5 Å². The van der Waals surface area contributed by atoms with Crippen molar-refractivity contribution in [3.63, 3.8) is 0 Å². The summed E-state index contributed by atoms with van der Waals surface area (Å²) in [5.74, 6) is -2.02. The number of ether oxygens (including phenoxy) is 4. The van der Waals surface area contributed by atoms with Crippen molar-refractivity contribution in [2.24, 2.45) is 0 Å². The highest BCUT2D eigenvalue weighted by Gasteiger charge is 2.25. The Hall–Kier alpha value is -3.53. The normalized spacial score (nSPS) is 13.5. The Balaban J connectivity index is 4.30. The van der Waals surface area contributed by atoms with E-state index >= 15 is 0 Å². The minimum Gasteiger partial charge on any atom is -0.477 e. The number of hydrogen-bond acceptors (Lipinski definition) is 7. The van der Waals surface area contributed by atoms with Crippen LogP contribution in [0, 0.1) is 0 Å². The second-order valence-electron chi connectivity index (χ2n) is 18.8. The van der Waals surface area contributed by atoms with Crippen LogP contribution in [0.4, 0.5) is 0 Å². The van der Waals surface area contributed by atoms with Crippen molar-refractivity contribution in [2.45, 2.75) is 219 Å². The molecule has 0 spiro atoms. The number of rotatable bonds is 48. The molecule has 67 heavy (non-hydrogen) atoms. The lowest BCUT2D eigenvalue weighted by Crippen LogP contribution is -2.40. The van der Waals surface area contributed by atoms with Gasteiger partial charge in [-0.1, -0.05) is 208 Å². The van der Waals surface area contributed by atoms with E-state index in [9.17, 15) is 19.5 Å². The molecule has 0 aromatic carbocycles. The van der Waals surface area contributed by atoms with Gasteiger partial charge >= 0.3 is 17.9 Å². The van der Waals surface area contributed by atoms with Gasteiger partial charge in [0.2, 0.25) is 0 Å². The van der Waals surface area contributed by atoms with E-state index in [1.165, 1.54) is 83.5 Å². The molecular formula is C58H100NO8+. The SMILES string of the molecule is CC/C=C\C/C=C\C/C=C\C/C=C\C/C=C\C/C=C\C/C=C\CCCCCCCCCC(=O)OC(COC(=O)CCCCCCCCCCCCCCC)COC(OCC[N+](C)(C)C)C(=O)O. The van der Waals surface area contributed by atoms with E-state index in [1.54, 1.807) is 0 Å². The number of esters is 2. The molecule has 0 rings (SSSR count). The highest BCUT2D eigenvalue weighted by atomic mass is 16.7. The third kappa shape index (κ3) is 50.2. The molecule has 0 aromatic heterocycles. The maximum absolute atomic E-state index is 12.8. The van der Waals surface area contributed by atoms with Crippen molar-refractivity contribution >= 4 is 17.9 Å². The van der Waals surface area contributed by atoms with Gasteiger partial charge in [-0.25, -0.2) is 4.79 Å². The summed E-state index contributed by atoms with van der Waals surface area (Å²) >= 11 is 0. The van der Waals surface area contributed by atoms with Crippen molar-refractivity contribution in [3.8, 4) is 0 Å². The molecule has 9 heteroatoms. The molecule has 1 N–H and O–H groups in total. The average Bonchev–Trinajstić information content (AvgIpc) is 3.29. The first-order valence-electron chi connectivity index (χ1n) is 26.8. The molecule has 2 atom stereocenters. The lowest BCUT2D eigenvalue weighted by Gasteiger charge is -2.25. The van der Waals surface area contributed by atoms with Crippen LogP contribution in [0.2, 0.25) is 0 Å². The summed E-state index contributed by atoms with van der Waals surface area (Å²) in [7, 11) is 5.95. The molecule has 0 amide bonds. The van der Waals surface area contributed by atoms with Crippen molar-refractivity contribution in [1.82, 2.24) is 0 Å². The van der Waals surface area contributed by atoms with Gasteiger partial charge in [0.25, 0.3) is 6.29 Å². The van der Waals surface area contributed by atoms with Gasteiger partial charge in [-0.3, -0.25) is 9.59 Å². The summed E-state index contributed by atoms with van der Waals surface area (Å²) in [4.78, 5) is 37.3. The molecular weight excluding hydrogens is 839 g/mol. The minimum atomic E-state index is -1.52. The van der Waals surface area contributed by atoms with Crippen LogP contribution in [0.1, 0.15) is 206 Å². The lowest BCUT2D eigenvalue weighted by atomic mass is 10.0. The van der Waals surface area contributed by atoms with Crippen LogP contribution in [0.3, 0.4) is 0 Å². The zero-order valence-electron chi connectivity index (χ0n) is 43.5. The maximum Gasteiger partial charge on any atom is 0.361 e. The molecule has 9 nitrogen and oxygen atoms in total. The van der Waals surface area contributed by atoms with E-state index < -0.39 is 24.3 Å². The van der Waals surface area contributed by atoms with Crippen molar-refractivity contribution in [2.75, 3.05) is 47.5 Å². The quantitative estimate of drug-likeness (QED) is 0.0211. The number of carbonyl (C=O) groups excluding carboxylic acids is 2. The van der Waals surface area contributed by atoms with Crippen molar-refractivity contribution < 1.29 is 42.9 Å². The highest BCUT2D eigenvalue weighted by Crippen LogP contribution is 2.15. The number of allylic oxidation sites excluding steroid dienone is 14. The number of hydrogen-bond donors (Lipinski definition) is 1. The molecule has 0 aliphatic rings. The molecule has 0 saturated carbocycles. The largest absolute Gasteiger partial charge is 0.477 e. The van der Waals surface area contributed by atoms with E-state index in [4.69, 9.17) is 18.9 Å².